The summed E-state index contributed by atoms with van der Waals surface area (Å²) in [4.78, 5) is 16.3. The molecule has 1 heterocycles. The maximum absolute atomic E-state index is 13.0. The van der Waals surface area contributed by atoms with Crippen molar-refractivity contribution in [3.8, 4) is 0 Å². The lowest BCUT2D eigenvalue weighted by Gasteiger charge is -2.27. The smallest absolute Gasteiger partial charge is 0.205 e. The van der Waals surface area contributed by atoms with E-state index in [1.165, 1.54) is 5.56 Å². The average Bonchev–Trinajstić information content (AvgIpc) is 2.98. The summed E-state index contributed by atoms with van der Waals surface area (Å²) in [5.74, 6) is 0.0946. The normalized spacial score (nSPS) is 11.5. The van der Waals surface area contributed by atoms with Crippen LogP contribution in [-0.4, -0.2) is 10.4 Å². The van der Waals surface area contributed by atoms with Gasteiger partial charge in [0.1, 0.15) is 0 Å². The fraction of sp³-hybridized carbons (Fsp3) is 0.238. The number of nitrogens with zero attached hydrogens (tertiary/aromatic N) is 2. The summed E-state index contributed by atoms with van der Waals surface area (Å²) >= 11 is 6.09. The van der Waals surface area contributed by atoms with Crippen molar-refractivity contribution < 1.29 is 4.79 Å². The van der Waals surface area contributed by atoms with Gasteiger partial charge in [-0.25, -0.2) is 4.85 Å². The number of benzene rings is 2. The molecular weight excluding hydrogens is 332 g/mol. The summed E-state index contributed by atoms with van der Waals surface area (Å²) in [6.45, 7) is 13.0. The molecule has 3 nitrogen and oxygen atoms in total. The van der Waals surface area contributed by atoms with Crippen LogP contribution >= 0.6 is 11.6 Å². The second kappa shape index (κ2) is 6.38. The molecule has 0 atom stereocenters. The van der Waals surface area contributed by atoms with Crippen molar-refractivity contribution >= 4 is 34.0 Å². The molecule has 0 fully saturated rings. The number of fused-ring (bicyclic) bond motifs is 1. The monoisotopic (exact) mass is 350 g/mol. The number of hydrogen-bond donors (Lipinski definition) is 0. The second-order valence-corrected chi connectivity index (χ2v) is 7.21. The highest BCUT2D eigenvalue weighted by Crippen LogP contribution is 2.29. The van der Waals surface area contributed by atoms with E-state index in [9.17, 15) is 4.79 Å². The van der Waals surface area contributed by atoms with E-state index >= 15 is 0 Å². The molecule has 0 bridgehead atoms. The van der Waals surface area contributed by atoms with Crippen LogP contribution in [0.4, 0.5) is 5.69 Å². The van der Waals surface area contributed by atoms with Gasteiger partial charge in [0.25, 0.3) is 0 Å². The number of rotatable bonds is 4. The Morgan fingerprint density at radius 1 is 1.20 bits per heavy atom. The second-order valence-electron chi connectivity index (χ2n) is 6.80. The van der Waals surface area contributed by atoms with E-state index in [-0.39, 0.29) is 12.2 Å². The standard InChI is InChI=1S/C21H19ClN2O/c1-14-5-8-19-16(11-14)9-10-24(19)21(2,3)20(25)13-15-6-7-18(23-4)17(22)12-15/h5-12H,13H2,1-3H3. The molecular formula is C21H19ClN2O. The van der Waals surface area contributed by atoms with E-state index < -0.39 is 5.54 Å². The summed E-state index contributed by atoms with van der Waals surface area (Å²) in [5, 5.41) is 1.52. The molecule has 0 saturated heterocycles. The van der Waals surface area contributed by atoms with E-state index in [2.05, 4.69) is 30.0 Å². The molecule has 25 heavy (non-hydrogen) atoms. The third-order valence-corrected chi connectivity index (χ3v) is 4.93. The number of hydrogen-bond acceptors (Lipinski definition) is 1. The van der Waals surface area contributed by atoms with Gasteiger partial charge < -0.3 is 4.57 Å². The van der Waals surface area contributed by atoms with E-state index in [0.29, 0.717) is 10.7 Å². The van der Waals surface area contributed by atoms with E-state index in [1.807, 2.05) is 30.7 Å². The maximum atomic E-state index is 13.0. The highest BCUT2D eigenvalue weighted by Gasteiger charge is 2.30. The van der Waals surface area contributed by atoms with Crippen LogP contribution in [0.25, 0.3) is 15.7 Å². The Balaban J connectivity index is 1.92. The molecule has 0 spiro atoms. The van der Waals surface area contributed by atoms with Crippen molar-refractivity contribution in [3.05, 3.63) is 76.2 Å². The molecule has 3 aromatic rings. The lowest BCUT2D eigenvalue weighted by Crippen LogP contribution is -2.36. The Labute approximate surface area is 152 Å². The number of aryl methyl sites for hydroxylation is 1. The van der Waals surface area contributed by atoms with E-state index in [0.717, 1.165) is 16.5 Å². The van der Waals surface area contributed by atoms with Crippen LogP contribution in [0, 0.1) is 13.5 Å². The molecule has 126 valence electrons. The van der Waals surface area contributed by atoms with Crippen molar-refractivity contribution in [1.29, 1.82) is 0 Å². The molecule has 0 amide bonds. The minimum Gasteiger partial charge on any atom is -0.335 e. The van der Waals surface area contributed by atoms with Crippen molar-refractivity contribution in [2.45, 2.75) is 32.7 Å². The third-order valence-electron chi connectivity index (χ3n) is 4.63. The van der Waals surface area contributed by atoms with Crippen LogP contribution < -0.4 is 0 Å². The number of Topliss-reactive ketones (excluding diaryl/α,β-unsaturated/α-hetero) is 1. The first-order chi connectivity index (χ1) is 11.8. The van der Waals surface area contributed by atoms with Gasteiger partial charge in [-0.1, -0.05) is 41.4 Å². The van der Waals surface area contributed by atoms with E-state index in [4.69, 9.17) is 18.2 Å². The average molecular weight is 351 g/mol. The predicted octanol–water partition coefficient (Wildman–Crippen LogP) is 5.70. The summed E-state index contributed by atoms with van der Waals surface area (Å²) in [6.07, 6.45) is 2.24. The Kier molecular flexibility index (Phi) is 4.41. The van der Waals surface area contributed by atoms with E-state index in [1.54, 1.807) is 18.2 Å². The Morgan fingerprint density at radius 3 is 2.64 bits per heavy atom. The van der Waals surface area contributed by atoms with Gasteiger partial charge in [-0.05, 0) is 49.9 Å². The molecule has 1 aromatic heterocycles. The van der Waals surface area contributed by atoms with Crippen LogP contribution in [0.5, 0.6) is 0 Å². The van der Waals surface area contributed by atoms with Gasteiger partial charge in [-0.3, -0.25) is 4.79 Å². The highest BCUT2D eigenvalue weighted by molar-refractivity contribution is 6.33. The lowest BCUT2D eigenvalue weighted by molar-refractivity contribution is -0.125. The summed E-state index contributed by atoms with van der Waals surface area (Å²) in [5.41, 5.74) is 2.79. The van der Waals surface area contributed by atoms with Crippen molar-refractivity contribution in [2.24, 2.45) is 0 Å². The first kappa shape index (κ1) is 17.3. The molecule has 4 heteroatoms. The fourth-order valence-electron chi connectivity index (χ4n) is 3.04. The minimum absolute atomic E-state index is 0.0946. The third kappa shape index (κ3) is 3.18. The van der Waals surface area contributed by atoms with Crippen LogP contribution in [0.15, 0.2) is 48.7 Å². The molecule has 0 aliphatic carbocycles. The summed E-state index contributed by atoms with van der Waals surface area (Å²) < 4.78 is 2.03. The zero-order valence-corrected chi connectivity index (χ0v) is 15.3. The van der Waals surface area contributed by atoms with Crippen LogP contribution in [0.2, 0.25) is 5.02 Å². The zero-order valence-electron chi connectivity index (χ0n) is 14.5. The van der Waals surface area contributed by atoms with Gasteiger partial charge in [0.2, 0.25) is 5.69 Å². The Morgan fingerprint density at radius 2 is 1.96 bits per heavy atom. The molecule has 0 aliphatic heterocycles. The lowest BCUT2D eigenvalue weighted by atomic mass is 9.93. The van der Waals surface area contributed by atoms with Crippen molar-refractivity contribution in [1.82, 2.24) is 4.57 Å². The topological polar surface area (TPSA) is 26.4 Å². The van der Waals surface area contributed by atoms with Crippen LogP contribution in [0.1, 0.15) is 25.0 Å². The van der Waals surface area contributed by atoms with Gasteiger partial charge in [-0.15, -0.1) is 0 Å². The van der Waals surface area contributed by atoms with Gasteiger partial charge in [0, 0.05) is 23.2 Å². The number of aromatic nitrogens is 1. The number of carbonyl (C=O) groups is 1. The zero-order chi connectivity index (χ0) is 18.2. The summed E-state index contributed by atoms with van der Waals surface area (Å²) in [6, 6.07) is 13.4. The molecule has 2 aromatic carbocycles. The Bertz CT molecular complexity index is 1010. The molecule has 0 unspecified atom stereocenters. The van der Waals surface area contributed by atoms with Gasteiger partial charge in [0.15, 0.2) is 5.78 Å². The number of carbonyl (C=O) groups excluding carboxylic acids is 1. The van der Waals surface area contributed by atoms with Gasteiger partial charge in [-0.2, -0.15) is 0 Å². The number of ketones is 1. The van der Waals surface area contributed by atoms with Gasteiger partial charge in [0.05, 0.1) is 12.1 Å². The van der Waals surface area contributed by atoms with Crippen LogP contribution in [0.3, 0.4) is 0 Å². The highest BCUT2D eigenvalue weighted by atomic mass is 35.5. The van der Waals surface area contributed by atoms with Gasteiger partial charge >= 0.3 is 0 Å². The molecule has 0 N–H and O–H groups in total. The Hall–Kier alpha value is -2.57. The summed E-state index contributed by atoms with van der Waals surface area (Å²) in [7, 11) is 0. The minimum atomic E-state index is -0.679. The largest absolute Gasteiger partial charge is 0.335 e. The number of halogens is 1. The molecule has 0 aliphatic rings. The maximum Gasteiger partial charge on any atom is 0.205 e. The van der Waals surface area contributed by atoms with Crippen molar-refractivity contribution in [2.75, 3.05) is 0 Å². The SMILES string of the molecule is [C-]#[N+]c1ccc(CC(=O)C(C)(C)n2ccc3cc(C)ccc32)cc1Cl. The molecule has 0 radical (unpaired) electrons. The van der Waals surface area contributed by atoms with Crippen molar-refractivity contribution in [3.63, 3.8) is 0 Å². The molecule has 0 saturated carbocycles. The predicted molar refractivity (Wildman–Crippen MR) is 102 cm³/mol. The quantitative estimate of drug-likeness (QED) is 0.554. The van der Waals surface area contributed by atoms with Crippen LogP contribution in [-0.2, 0) is 16.8 Å². The first-order valence-corrected chi connectivity index (χ1v) is 8.48. The fourth-order valence-corrected chi connectivity index (χ4v) is 3.28. The first-order valence-electron chi connectivity index (χ1n) is 8.10. The molecule has 3 rings (SSSR count).